The molecule has 2 N–H and O–H groups in total. The van der Waals surface area contributed by atoms with Crippen LogP contribution in [0.1, 0.15) is 54.1 Å². The Hall–Kier alpha value is -2.73. The molecule has 1 saturated heterocycles. The number of benzene rings is 2. The van der Waals surface area contributed by atoms with E-state index in [0.29, 0.717) is 30.0 Å². The maximum atomic E-state index is 13.6. The van der Waals surface area contributed by atoms with E-state index in [1.165, 1.54) is 7.11 Å². The van der Waals surface area contributed by atoms with Crippen molar-refractivity contribution in [3.05, 3.63) is 53.6 Å². The van der Waals surface area contributed by atoms with E-state index in [1.54, 1.807) is 31.4 Å². The van der Waals surface area contributed by atoms with Crippen LogP contribution >= 0.6 is 0 Å². The molecule has 0 bridgehead atoms. The van der Waals surface area contributed by atoms with Gasteiger partial charge < -0.3 is 24.6 Å². The summed E-state index contributed by atoms with van der Waals surface area (Å²) in [6.07, 6.45) is 4.18. The topological polar surface area (TPSA) is 79.2 Å². The van der Waals surface area contributed by atoms with Gasteiger partial charge in [0.1, 0.15) is 5.75 Å². The molecule has 0 spiro atoms. The Morgan fingerprint density at radius 3 is 2.60 bits per heavy atom. The Morgan fingerprint density at radius 1 is 1.07 bits per heavy atom. The van der Waals surface area contributed by atoms with Gasteiger partial charge in [0.15, 0.2) is 11.5 Å². The van der Waals surface area contributed by atoms with E-state index in [4.69, 9.17) is 9.47 Å². The molecular weight excluding hydrogens is 382 g/mol. The van der Waals surface area contributed by atoms with Crippen LogP contribution in [0.4, 0.5) is 0 Å². The van der Waals surface area contributed by atoms with Crippen LogP contribution in [0.5, 0.6) is 17.2 Å². The quantitative estimate of drug-likeness (QED) is 0.797. The Labute approximate surface area is 177 Å². The van der Waals surface area contributed by atoms with Crippen LogP contribution < -0.4 is 9.47 Å². The predicted molar refractivity (Wildman–Crippen MR) is 113 cm³/mol. The van der Waals surface area contributed by atoms with E-state index < -0.39 is 5.60 Å². The van der Waals surface area contributed by atoms with Crippen molar-refractivity contribution < 1.29 is 24.5 Å². The molecule has 1 heterocycles. The number of nitrogens with zero attached hydrogens (tertiary/aromatic N) is 1. The largest absolute Gasteiger partial charge is 0.504 e. The van der Waals surface area contributed by atoms with Crippen molar-refractivity contribution in [3.8, 4) is 17.2 Å². The number of aliphatic hydroxyl groups is 1. The summed E-state index contributed by atoms with van der Waals surface area (Å²) in [5, 5.41) is 21.5. The summed E-state index contributed by atoms with van der Waals surface area (Å²) in [4.78, 5) is 15.5. The molecule has 0 unspecified atom stereocenters. The van der Waals surface area contributed by atoms with Crippen LogP contribution in [-0.4, -0.2) is 47.4 Å². The molecule has 2 aliphatic rings. The standard InChI is InChI=1S/C24H29NO5/c1-29-20-9-4-3-7-17(20)23(27)25-14-13-24(28)12-6-5-8-18(24)22(25)16-10-11-19(26)21(15-16)30-2/h3-4,7,9-11,15,18,22,26,28H,5-6,8,12-14H2,1-2H3/t18-,22+,24+/m0/s1. The van der Waals surface area contributed by atoms with Gasteiger partial charge in [-0.3, -0.25) is 4.79 Å². The summed E-state index contributed by atoms with van der Waals surface area (Å²) < 4.78 is 10.7. The van der Waals surface area contributed by atoms with Crippen LogP contribution in [0, 0.1) is 5.92 Å². The monoisotopic (exact) mass is 411 g/mol. The lowest BCUT2D eigenvalue weighted by molar-refractivity contribution is -0.115. The molecule has 4 rings (SSSR count). The minimum atomic E-state index is -0.786. The number of likely N-dealkylation sites (tertiary alicyclic amines) is 1. The number of hydrogen-bond donors (Lipinski definition) is 2. The van der Waals surface area contributed by atoms with Gasteiger partial charge in [-0.1, -0.05) is 31.0 Å². The highest BCUT2D eigenvalue weighted by molar-refractivity contribution is 5.97. The number of para-hydroxylation sites is 1. The number of phenolic OH excluding ortho intramolecular Hbond substituents is 1. The second-order valence-corrected chi connectivity index (χ2v) is 8.28. The van der Waals surface area contributed by atoms with Crippen molar-refractivity contribution in [2.24, 2.45) is 5.92 Å². The number of piperidine rings is 1. The fourth-order valence-corrected chi connectivity index (χ4v) is 5.18. The Balaban J connectivity index is 1.79. The molecule has 1 aliphatic carbocycles. The highest BCUT2D eigenvalue weighted by Crippen LogP contribution is 2.50. The van der Waals surface area contributed by atoms with Gasteiger partial charge in [-0.25, -0.2) is 0 Å². The number of amides is 1. The zero-order chi connectivity index (χ0) is 21.3. The van der Waals surface area contributed by atoms with Crippen molar-refractivity contribution in [1.29, 1.82) is 0 Å². The molecule has 0 aromatic heterocycles. The van der Waals surface area contributed by atoms with Crippen molar-refractivity contribution >= 4 is 5.91 Å². The van der Waals surface area contributed by atoms with Gasteiger partial charge in [-0.05, 0) is 49.1 Å². The van der Waals surface area contributed by atoms with Crippen LogP contribution in [0.15, 0.2) is 42.5 Å². The van der Waals surface area contributed by atoms with Crippen LogP contribution in [0.2, 0.25) is 0 Å². The first kappa shape index (κ1) is 20.5. The molecule has 6 nitrogen and oxygen atoms in total. The third kappa shape index (κ3) is 3.49. The number of ether oxygens (including phenoxy) is 2. The summed E-state index contributed by atoms with van der Waals surface area (Å²) in [7, 11) is 3.07. The first-order chi connectivity index (χ1) is 14.5. The zero-order valence-electron chi connectivity index (χ0n) is 17.5. The van der Waals surface area contributed by atoms with Gasteiger partial charge in [0.05, 0.1) is 31.4 Å². The number of fused-ring (bicyclic) bond motifs is 1. The average Bonchev–Trinajstić information content (AvgIpc) is 2.78. The van der Waals surface area contributed by atoms with Crippen molar-refractivity contribution in [3.63, 3.8) is 0 Å². The summed E-state index contributed by atoms with van der Waals surface area (Å²) in [6.45, 7) is 0.456. The minimum absolute atomic E-state index is 0.0542. The van der Waals surface area contributed by atoms with Gasteiger partial charge >= 0.3 is 0 Å². The molecule has 2 fully saturated rings. The van der Waals surface area contributed by atoms with E-state index in [0.717, 1.165) is 31.2 Å². The molecule has 0 radical (unpaired) electrons. The molecule has 2 aromatic carbocycles. The Kier molecular flexibility index (Phi) is 5.60. The average molecular weight is 411 g/mol. The molecule has 3 atom stereocenters. The van der Waals surface area contributed by atoms with Crippen molar-refractivity contribution in [1.82, 2.24) is 4.90 Å². The first-order valence-corrected chi connectivity index (χ1v) is 10.5. The lowest BCUT2D eigenvalue weighted by atomic mass is 9.66. The summed E-state index contributed by atoms with van der Waals surface area (Å²) in [5.74, 6) is 0.764. The lowest BCUT2D eigenvalue weighted by Gasteiger charge is -2.52. The smallest absolute Gasteiger partial charge is 0.258 e. The summed E-state index contributed by atoms with van der Waals surface area (Å²) in [6, 6.07) is 12.1. The second kappa shape index (κ2) is 8.19. The SMILES string of the molecule is COc1cc([C@@H]2[C@@H]3CCCC[C@@]3(O)CCN2C(=O)c2ccccc2OC)ccc1O. The van der Waals surface area contributed by atoms with Crippen LogP contribution in [0.3, 0.4) is 0 Å². The van der Waals surface area contributed by atoms with Crippen LogP contribution in [0.25, 0.3) is 0 Å². The number of hydrogen-bond acceptors (Lipinski definition) is 5. The van der Waals surface area contributed by atoms with Gasteiger partial charge in [-0.2, -0.15) is 0 Å². The molecule has 2 aromatic rings. The molecule has 30 heavy (non-hydrogen) atoms. The highest BCUT2D eigenvalue weighted by Gasteiger charge is 2.50. The maximum Gasteiger partial charge on any atom is 0.258 e. The fraction of sp³-hybridized carbons (Fsp3) is 0.458. The number of aromatic hydroxyl groups is 1. The van der Waals surface area contributed by atoms with E-state index in [-0.39, 0.29) is 23.6 Å². The Morgan fingerprint density at radius 2 is 1.83 bits per heavy atom. The maximum absolute atomic E-state index is 13.6. The molecule has 1 saturated carbocycles. The molecule has 1 aliphatic heterocycles. The zero-order valence-corrected chi connectivity index (χ0v) is 17.5. The number of carbonyl (C=O) groups is 1. The van der Waals surface area contributed by atoms with E-state index in [1.807, 2.05) is 23.1 Å². The number of methoxy groups -OCH3 is 2. The molecular formula is C24H29NO5. The van der Waals surface area contributed by atoms with Gasteiger partial charge in [0, 0.05) is 12.5 Å². The number of carbonyl (C=O) groups excluding carboxylic acids is 1. The normalized spacial score (nSPS) is 26.0. The van der Waals surface area contributed by atoms with Crippen molar-refractivity contribution in [2.75, 3.05) is 20.8 Å². The number of rotatable bonds is 4. The van der Waals surface area contributed by atoms with E-state index >= 15 is 0 Å². The lowest BCUT2D eigenvalue weighted by Crippen LogP contribution is -2.56. The van der Waals surface area contributed by atoms with E-state index in [9.17, 15) is 15.0 Å². The fourth-order valence-electron chi connectivity index (χ4n) is 5.18. The third-order valence-corrected chi connectivity index (χ3v) is 6.71. The Bertz CT molecular complexity index is 930. The van der Waals surface area contributed by atoms with E-state index in [2.05, 4.69) is 0 Å². The number of phenols is 1. The third-order valence-electron chi connectivity index (χ3n) is 6.71. The first-order valence-electron chi connectivity index (χ1n) is 10.5. The van der Waals surface area contributed by atoms with Crippen LogP contribution in [-0.2, 0) is 0 Å². The minimum Gasteiger partial charge on any atom is -0.504 e. The summed E-state index contributed by atoms with van der Waals surface area (Å²) in [5.41, 5.74) is 0.584. The van der Waals surface area contributed by atoms with Crippen molar-refractivity contribution in [2.45, 2.75) is 43.7 Å². The molecule has 6 heteroatoms. The predicted octanol–water partition coefficient (Wildman–Crippen LogP) is 3.92. The highest BCUT2D eigenvalue weighted by atomic mass is 16.5. The van der Waals surface area contributed by atoms with Gasteiger partial charge in [0.2, 0.25) is 0 Å². The molecule has 1 amide bonds. The van der Waals surface area contributed by atoms with Gasteiger partial charge in [-0.15, -0.1) is 0 Å². The summed E-state index contributed by atoms with van der Waals surface area (Å²) >= 11 is 0. The molecule has 160 valence electrons. The van der Waals surface area contributed by atoms with Gasteiger partial charge in [0.25, 0.3) is 5.91 Å². The second-order valence-electron chi connectivity index (χ2n) is 8.28.